The van der Waals surface area contributed by atoms with Crippen LogP contribution in [-0.2, 0) is 14.6 Å². The fourth-order valence-corrected chi connectivity index (χ4v) is 3.92. The lowest BCUT2D eigenvalue weighted by Gasteiger charge is -2.12. The fourth-order valence-electron chi connectivity index (χ4n) is 2.35. The monoisotopic (exact) mass is 428 g/mol. The van der Waals surface area contributed by atoms with Crippen LogP contribution >= 0.6 is 24.2 Å². The Balaban J connectivity index is 0.00000364. The molecule has 2 aromatic rings. The van der Waals surface area contributed by atoms with E-state index in [-0.39, 0.29) is 30.5 Å². The maximum atomic E-state index is 12.0. The van der Waals surface area contributed by atoms with Crippen molar-refractivity contribution in [2.45, 2.75) is 36.1 Å². The molecule has 0 aliphatic carbocycles. The molecule has 2 rings (SSSR count). The number of sulfone groups is 1. The van der Waals surface area contributed by atoms with Gasteiger partial charge in [0.25, 0.3) is 0 Å². The van der Waals surface area contributed by atoms with Gasteiger partial charge in [0.05, 0.1) is 11.8 Å². The molecule has 0 saturated heterocycles. The first kappa shape index (κ1) is 23.5. The zero-order chi connectivity index (χ0) is 19.3. The maximum Gasteiger partial charge on any atom is 0.241 e. The zero-order valence-electron chi connectivity index (χ0n) is 15.6. The van der Waals surface area contributed by atoms with Crippen molar-refractivity contribution in [1.29, 1.82) is 0 Å². The molecule has 2 aromatic carbocycles. The second-order valence-electron chi connectivity index (χ2n) is 6.41. The minimum Gasteiger partial charge on any atom is -0.325 e. The van der Waals surface area contributed by atoms with Gasteiger partial charge in [-0.15, -0.1) is 12.4 Å². The highest BCUT2D eigenvalue weighted by atomic mass is 35.5. The minimum atomic E-state index is -3.13. The number of anilines is 1. The Morgan fingerprint density at radius 2 is 1.78 bits per heavy atom. The Hall–Kier alpha value is -1.54. The molecule has 1 atom stereocenters. The van der Waals surface area contributed by atoms with Gasteiger partial charge >= 0.3 is 0 Å². The summed E-state index contributed by atoms with van der Waals surface area (Å²) in [6, 6.07) is 13.0. The van der Waals surface area contributed by atoms with Gasteiger partial charge in [-0.1, -0.05) is 29.5 Å². The van der Waals surface area contributed by atoms with Crippen LogP contribution < -0.4 is 11.1 Å². The van der Waals surface area contributed by atoms with Crippen LogP contribution in [-0.4, -0.2) is 32.4 Å². The van der Waals surface area contributed by atoms with Gasteiger partial charge < -0.3 is 11.1 Å². The quantitative estimate of drug-likeness (QED) is 0.703. The van der Waals surface area contributed by atoms with Crippen LogP contribution in [0.5, 0.6) is 0 Å². The molecule has 0 fully saturated rings. The first-order valence-corrected chi connectivity index (χ1v) is 11.1. The standard InChI is InChI=1S/C19H24N2O3S2.ClH/c1-13-4-9-18(14(2)12-13)25-16-7-5-15(6-8-16)21-19(22)17(20)10-11-26(3,23)24;/h4-9,12,17H,10-11,20H2,1-3H3,(H,21,22);1H. The van der Waals surface area contributed by atoms with Crippen molar-refractivity contribution < 1.29 is 13.2 Å². The van der Waals surface area contributed by atoms with E-state index in [1.54, 1.807) is 11.8 Å². The summed E-state index contributed by atoms with van der Waals surface area (Å²) < 4.78 is 22.3. The summed E-state index contributed by atoms with van der Waals surface area (Å²) in [7, 11) is -3.13. The third-order valence-corrected chi connectivity index (χ3v) is 5.98. The number of aryl methyl sites for hydroxylation is 2. The molecule has 3 N–H and O–H groups in total. The van der Waals surface area contributed by atoms with Crippen molar-refractivity contribution in [2.75, 3.05) is 17.3 Å². The number of nitrogens with two attached hydrogens (primary N) is 1. The molecule has 27 heavy (non-hydrogen) atoms. The van der Waals surface area contributed by atoms with Gasteiger partial charge in [-0.25, -0.2) is 8.42 Å². The first-order chi connectivity index (χ1) is 12.1. The molecule has 0 aromatic heterocycles. The highest BCUT2D eigenvalue weighted by Crippen LogP contribution is 2.31. The summed E-state index contributed by atoms with van der Waals surface area (Å²) in [6.07, 6.45) is 1.23. The normalized spacial score (nSPS) is 12.1. The lowest BCUT2D eigenvalue weighted by Crippen LogP contribution is -2.37. The summed E-state index contributed by atoms with van der Waals surface area (Å²) in [5.41, 5.74) is 8.85. The predicted molar refractivity (Wildman–Crippen MR) is 115 cm³/mol. The van der Waals surface area contributed by atoms with Gasteiger partial charge in [0.2, 0.25) is 5.91 Å². The first-order valence-electron chi connectivity index (χ1n) is 8.23. The minimum absolute atomic E-state index is 0. The average Bonchev–Trinajstić information content (AvgIpc) is 2.56. The number of nitrogens with one attached hydrogen (secondary N) is 1. The van der Waals surface area contributed by atoms with E-state index in [1.165, 1.54) is 16.0 Å². The number of rotatable bonds is 7. The molecule has 0 aliphatic rings. The van der Waals surface area contributed by atoms with Gasteiger partial charge in [0.15, 0.2) is 0 Å². The molecule has 0 radical (unpaired) electrons. The van der Waals surface area contributed by atoms with E-state index in [4.69, 9.17) is 5.73 Å². The van der Waals surface area contributed by atoms with E-state index >= 15 is 0 Å². The lowest BCUT2D eigenvalue weighted by atomic mass is 10.2. The third-order valence-electron chi connectivity index (χ3n) is 3.82. The number of hydrogen-bond acceptors (Lipinski definition) is 5. The Kier molecular flexibility index (Phi) is 8.81. The lowest BCUT2D eigenvalue weighted by molar-refractivity contribution is -0.117. The highest BCUT2D eigenvalue weighted by molar-refractivity contribution is 7.99. The van der Waals surface area contributed by atoms with E-state index in [9.17, 15) is 13.2 Å². The third kappa shape index (κ3) is 7.92. The predicted octanol–water partition coefficient (Wildman–Crippen LogP) is 3.58. The molecule has 5 nitrogen and oxygen atoms in total. The number of carbonyl (C=O) groups is 1. The Morgan fingerprint density at radius 1 is 1.15 bits per heavy atom. The molecule has 148 valence electrons. The molecule has 0 bridgehead atoms. The highest BCUT2D eigenvalue weighted by Gasteiger charge is 2.16. The summed E-state index contributed by atoms with van der Waals surface area (Å²) in [5, 5.41) is 2.72. The summed E-state index contributed by atoms with van der Waals surface area (Å²) in [5.74, 6) is -0.490. The zero-order valence-corrected chi connectivity index (χ0v) is 18.0. The van der Waals surface area contributed by atoms with Crippen LogP contribution in [0.3, 0.4) is 0 Å². The summed E-state index contributed by atoms with van der Waals surface area (Å²) in [6.45, 7) is 4.15. The van der Waals surface area contributed by atoms with Crippen LogP contribution in [0.4, 0.5) is 5.69 Å². The van der Waals surface area contributed by atoms with Crippen LogP contribution in [0.25, 0.3) is 0 Å². The number of amides is 1. The summed E-state index contributed by atoms with van der Waals surface area (Å²) >= 11 is 1.66. The van der Waals surface area contributed by atoms with Crippen molar-refractivity contribution in [1.82, 2.24) is 0 Å². The molecule has 0 heterocycles. The number of benzene rings is 2. The second kappa shape index (κ2) is 10.1. The van der Waals surface area contributed by atoms with Gasteiger partial charge in [0, 0.05) is 21.7 Å². The molecule has 1 unspecified atom stereocenters. The Labute approximate surface area is 171 Å². The van der Waals surface area contributed by atoms with Crippen molar-refractivity contribution in [2.24, 2.45) is 5.73 Å². The maximum absolute atomic E-state index is 12.0. The van der Waals surface area contributed by atoms with Crippen LogP contribution in [0.2, 0.25) is 0 Å². The molecule has 0 aliphatic heterocycles. The van der Waals surface area contributed by atoms with E-state index < -0.39 is 15.9 Å². The van der Waals surface area contributed by atoms with Crippen molar-refractivity contribution in [3.05, 3.63) is 53.6 Å². The van der Waals surface area contributed by atoms with Crippen LogP contribution in [0.15, 0.2) is 52.3 Å². The molecule has 1 amide bonds. The number of carbonyl (C=O) groups excluding carboxylic acids is 1. The van der Waals surface area contributed by atoms with Crippen LogP contribution in [0.1, 0.15) is 17.5 Å². The topological polar surface area (TPSA) is 89.3 Å². The average molecular weight is 429 g/mol. The number of hydrogen-bond donors (Lipinski definition) is 2. The van der Waals surface area contributed by atoms with Gasteiger partial charge in [-0.05, 0) is 56.2 Å². The molecular weight excluding hydrogens is 404 g/mol. The SMILES string of the molecule is Cc1ccc(Sc2ccc(NC(=O)C(N)CCS(C)(=O)=O)cc2)c(C)c1.Cl. The molecule has 8 heteroatoms. The van der Waals surface area contributed by atoms with E-state index in [1.807, 2.05) is 24.3 Å². The van der Waals surface area contributed by atoms with Gasteiger partial charge in [0.1, 0.15) is 9.84 Å². The Morgan fingerprint density at radius 3 is 2.33 bits per heavy atom. The molecular formula is C19H25ClN2O3S2. The van der Waals surface area contributed by atoms with Crippen LogP contribution in [0, 0.1) is 13.8 Å². The van der Waals surface area contributed by atoms with Gasteiger partial charge in [-0.2, -0.15) is 0 Å². The molecule has 0 saturated carbocycles. The van der Waals surface area contributed by atoms with E-state index in [0.29, 0.717) is 5.69 Å². The van der Waals surface area contributed by atoms with E-state index in [2.05, 4.69) is 37.4 Å². The largest absolute Gasteiger partial charge is 0.325 e. The fraction of sp³-hybridized carbons (Fsp3) is 0.316. The van der Waals surface area contributed by atoms with Crippen molar-refractivity contribution in [3.63, 3.8) is 0 Å². The van der Waals surface area contributed by atoms with Crippen molar-refractivity contribution >= 4 is 45.6 Å². The summed E-state index contributed by atoms with van der Waals surface area (Å²) in [4.78, 5) is 14.3. The molecule has 0 spiro atoms. The second-order valence-corrected chi connectivity index (χ2v) is 9.78. The van der Waals surface area contributed by atoms with Gasteiger partial charge in [-0.3, -0.25) is 4.79 Å². The number of halogens is 1. The van der Waals surface area contributed by atoms with E-state index in [0.717, 1.165) is 11.2 Å². The Bertz CT molecular complexity index is 884. The van der Waals surface area contributed by atoms with Crippen molar-refractivity contribution in [3.8, 4) is 0 Å². The smallest absolute Gasteiger partial charge is 0.241 e.